The van der Waals surface area contributed by atoms with E-state index < -0.39 is 4.92 Å². The Kier molecular flexibility index (Phi) is 7.64. The molecule has 0 saturated carbocycles. The summed E-state index contributed by atoms with van der Waals surface area (Å²) in [5, 5.41) is 25.6. The second-order valence-electron chi connectivity index (χ2n) is 6.30. The van der Waals surface area contributed by atoms with Crippen molar-refractivity contribution < 1.29 is 19.2 Å². The molecule has 0 atom stereocenters. The number of anilines is 2. The van der Waals surface area contributed by atoms with Crippen LogP contribution in [0.25, 0.3) is 0 Å². The van der Waals surface area contributed by atoms with Gasteiger partial charge in [0.15, 0.2) is 0 Å². The van der Waals surface area contributed by atoms with Crippen LogP contribution in [-0.4, -0.2) is 51.9 Å². The van der Waals surface area contributed by atoms with Crippen molar-refractivity contribution in [3.8, 4) is 11.5 Å². The summed E-state index contributed by atoms with van der Waals surface area (Å²) in [6.45, 7) is 0. The summed E-state index contributed by atoms with van der Waals surface area (Å²) < 4.78 is 11.5. The highest BCUT2D eigenvalue weighted by Crippen LogP contribution is 2.29. The number of nitrogens with two attached hydrogens (primary N) is 1. The second-order valence-corrected chi connectivity index (χ2v) is 7.24. The SMILES string of the molecule is COc1ccc(OC)c(NC(=O)CSc2nnc(N/N=C/c3cccc([N+](=O)[O-])c3)n2N)c1. The average molecular weight is 472 g/mol. The van der Waals surface area contributed by atoms with E-state index in [1.54, 1.807) is 30.3 Å². The average Bonchev–Trinajstić information content (AvgIpc) is 3.17. The number of methoxy groups -OCH3 is 2. The highest BCUT2D eigenvalue weighted by Gasteiger charge is 2.14. The van der Waals surface area contributed by atoms with Gasteiger partial charge in [-0.1, -0.05) is 23.9 Å². The smallest absolute Gasteiger partial charge is 0.270 e. The number of nitrogen functional groups attached to an aromatic ring is 1. The van der Waals surface area contributed by atoms with Gasteiger partial charge in [-0.3, -0.25) is 14.9 Å². The van der Waals surface area contributed by atoms with Crippen LogP contribution in [0.2, 0.25) is 0 Å². The van der Waals surface area contributed by atoms with Gasteiger partial charge in [-0.15, -0.1) is 10.2 Å². The number of nitro groups is 1. The van der Waals surface area contributed by atoms with E-state index in [1.807, 2.05) is 0 Å². The van der Waals surface area contributed by atoms with E-state index in [1.165, 1.54) is 32.6 Å². The second kappa shape index (κ2) is 10.8. The lowest BCUT2D eigenvalue weighted by Crippen LogP contribution is -2.17. The van der Waals surface area contributed by atoms with Crippen LogP contribution in [-0.2, 0) is 4.79 Å². The Bertz CT molecular complexity index is 1180. The van der Waals surface area contributed by atoms with Crippen molar-refractivity contribution in [2.75, 3.05) is 36.6 Å². The molecule has 0 bridgehead atoms. The number of nitrogens with one attached hydrogen (secondary N) is 2. The molecule has 4 N–H and O–H groups in total. The van der Waals surface area contributed by atoms with Crippen LogP contribution in [0.3, 0.4) is 0 Å². The van der Waals surface area contributed by atoms with Crippen LogP contribution in [0.4, 0.5) is 17.3 Å². The quantitative estimate of drug-likeness (QED) is 0.130. The fourth-order valence-electron chi connectivity index (χ4n) is 2.56. The number of hydrogen-bond donors (Lipinski definition) is 3. The number of hydrazone groups is 1. The van der Waals surface area contributed by atoms with Crippen molar-refractivity contribution in [1.29, 1.82) is 0 Å². The van der Waals surface area contributed by atoms with E-state index >= 15 is 0 Å². The van der Waals surface area contributed by atoms with E-state index in [-0.39, 0.29) is 28.5 Å². The highest BCUT2D eigenvalue weighted by atomic mass is 32.2. The molecule has 0 fully saturated rings. The van der Waals surface area contributed by atoms with Gasteiger partial charge in [-0.25, -0.2) is 10.1 Å². The molecule has 3 rings (SSSR count). The molecule has 1 amide bonds. The summed E-state index contributed by atoms with van der Waals surface area (Å²) in [5.41, 5.74) is 3.53. The summed E-state index contributed by atoms with van der Waals surface area (Å²) in [5.74, 6) is 6.82. The lowest BCUT2D eigenvalue weighted by atomic mass is 10.2. The van der Waals surface area contributed by atoms with Crippen LogP contribution in [0.1, 0.15) is 5.56 Å². The van der Waals surface area contributed by atoms with Gasteiger partial charge in [0.2, 0.25) is 11.1 Å². The molecule has 0 unspecified atom stereocenters. The van der Waals surface area contributed by atoms with Crippen LogP contribution in [0.5, 0.6) is 11.5 Å². The number of thioether (sulfide) groups is 1. The molecule has 13 nitrogen and oxygen atoms in total. The molecule has 14 heteroatoms. The first-order valence-electron chi connectivity index (χ1n) is 9.30. The monoisotopic (exact) mass is 472 g/mol. The largest absolute Gasteiger partial charge is 0.497 e. The molecule has 0 aliphatic rings. The maximum Gasteiger partial charge on any atom is 0.270 e. The summed E-state index contributed by atoms with van der Waals surface area (Å²) in [6, 6.07) is 11.0. The van der Waals surface area contributed by atoms with Gasteiger partial charge in [0.1, 0.15) is 11.5 Å². The minimum atomic E-state index is -0.495. The van der Waals surface area contributed by atoms with E-state index in [9.17, 15) is 14.9 Å². The van der Waals surface area contributed by atoms with Crippen molar-refractivity contribution in [3.05, 3.63) is 58.1 Å². The molecule has 1 heterocycles. The zero-order valence-electron chi connectivity index (χ0n) is 17.6. The molecule has 172 valence electrons. The minimum absolute atomic E-state index is 0.00660. The number of nitro benzene ring substituents is 1. The van der Waals surface area contributed by atoms with Crippen molar-refractivity contribution >= 4 is 41.2 Å². The van der Waals surface area contributed by atoms with E-state index in [4.69, 9.17) is 15.3 Å². The molecular formula is C19H20N8O5S. The van der Waals surface area contributed by atoms with Gasteiger partial charge in [0.25, 0.3) is 11.6 Å². The van der Waals surface area contributed by atoms with Crippen molar-refractivity contribution in [2.45, 2.75) is 5.16 Å². The number of rotatable bonds is 10. The van der Waals surface area contributed by atoms with Crippen molar-refractivity contribution in [3.63, 3.8) is 0 Å². The molecule has 0 radical (unpaired) electrons. The maximum absolute atomic E-state index is 12.4. The summed E-state index contributed by atoms with van der Waals surface area (Å²) >= 11 is 1.07. The van der Waals surface area contributed by atoms with Crippen LogP contribution in [0.15, 0.2) is 52.7 Å². The Morgan fingerprint density at radius 2 is 2.09 bits per heavy atom. The number of carbonyl (C=O) groups is 1. The number of nitrogens with zero attached hydrogens (tertiary/aromatic N) is 5. The number of ether oxygens (including phenoxy) is 2. The first kappa shape index (κ1) is 23.3. The van der Waals surface area contributed by atoms with Gasteiger partial charge in [0, 0.05) is 23.8 Å². The Labute approximate surface area is 192 Å². The zero-order chi connectivity index (χ0) is 23.8. The summed E-state index contributed by atoms with van der Waals surface area (Å²) in [7, 11) is 3.02. The maximum atomic E-state index is 12.4. The number of amides is 1. The van der Waals surface area contributed by atoms with Gasteiger partial charge in [-0.2, -0.15) is 5.10 Å². The fraction of sp³-hybridized carbons (Fsp3) is 0.158. The van der Waals surface area contributed by atoms with Crippen molar-refractivity contribution in [1.82, 2.24) is 14.9 Å². The minimum Gasteiger partial charge on any atom is -0.497 e. The molecule has 0 aliphatic carbocycles. The molecule has 2 aromatic carbocycles. The molecule has 0 aliphatic heterocycles. The molecule has 1 aromatic heterocycles. The Morgan fingerprint density at radius 3 is 2.82 bits per heavy atom. The van der Waals surface area contributed by atoms with Crippen LogP contribution < -0.4 is 26.1 Å². The first-order chi connectivity index (χ1) is 15.9. The van der Waals surface area contributed by atoms with E-state index in [2.05, 4.69) is 26.0 Å². The van der Waals surface area contributed by atoms with Gasteiger partial charge < -0.3 is 20.6 Å². The normalized spacial score (nSPS) is 10.7. The third-order valence-electron chi connectivity index (χ3n) is 4.14. The molecule has 0 spiro atoms. The van der Waals surface area contributed by atoms with E-state index in [0.717, 1.165) is 16.4 Å². The zero-order valence-corrected chi connectivity index (χ0v) is 18.4. The fourth-order valence-corrected chi connectivity index (χ4v) is 3.22. The standard InChI is InChI=1S/C19H20N8O5S/c1-31-14-6-7-16(32-2)15(9-14)22-17(28)11-33-19-25-24-18(26(19)20)23-21-10-12-4-3-5-13(8-12)27(29)30/h3-10H,11,20H2,1-2H3,(H,22,28)(H,23,24)/b21-10+. The number of carbonyl (C=O) groups excluding carboxylic acids is 1. The third-order valence-corrected chi connectivity index (χ3v) is 5.08. The Hall–Kier alpha value is -4.33. The van der Waals surface area contributed by atoms with Crippen LogP contribution >= 0.6 is 11.8 Å². The Morgan fingerprint density at radius 1 is 1.27 bits per heavy atom. The predicted molar refractivity (Wildman–Crippen MR) is 123 cm³/mol. The highest BCUT2D eigenvalue weighted by molar-refractivity contribution is 7.99. The molecule has 3 aromatic rings. The number of non-ortho nitro benzene ring substituents is 1. The van der Waals surface area contributed by atoms with Gasteiger partial charge >= 0.3 is 0 Å². The Balaban J connectivity index is 1.57. The number of aromatic nitrogens is 3. The third kappa shape index (κ3) is 6.10. The lowest BCUT2D eigenvalue weighted by Gasteiger charge is -2.11. The summed E-state index contributed by atoms with van der Waals surface area (Å²) in [4.78, 5) is 22.7. The molecule has 0 saturated heterocycles. The lowest BCUT2D eigenvalue weighted by molar-refractivity contribution is -0.384. The van der Waals surface area contributed by atoms with Crippen molar-refractivity contribution in [2.24, 2.45) is 5.10 Å². The van der Waals surface area contributed by atoms with Gasteiger partial charge in [0.05, 0.1) is 36.8 Å². The molecule has 33 heavy (non-hydrogen) atoms. The first-order valence-corrected chi connectivity index (χ1v) is 10.3. The van der Waals surface area contributed by atoms with Crippen LogP contribution in [0, 0.1) is 10.1 Å². The summed E-state index contributed by atoms with van der Waals surface area (Å²) in [6.07, 6.45) is 1.38. The number of benzene rings is 2. The number of hydrogen-bond acceptors (Lipinski definition) is 11. The van der Waals surface area contributed by atoms with Gasteiger partial charge in [-0.05, 0) is 12.1 Å². The predicted octanol–water partition coefficient (Wildman–Crippen LogP) is 2.09. The molecular weight excluding hydrogens is 452 g/mol. The van der Waals surface area contributed by atoms with E-state index in [0.29, 0.717) is 22.7 Å². The topological polar surface area (TPSA) is 172 Å².